The Hall–Kier alpha value is -4.85. The normalized spacial score (nSPS) is 11.5. The molecule has 0 unspecified atom stereocenters. The molecule has 0 aliphatic heterocycles. The van der Waals surface area contributed by atoms with Crippen LogP contribution in [0.15, 0.2) is 78.9 Å². The topological polar surface area (TPSA) is 60.3 Å². The van der Waals surface area contributed by atoms with Crippen molar-refractivity contribution < 1.29 is 27.5 Å². The number of ether oxygens (including phenoxy) is 1. The van der Waals surface area contributed by atoms with Crippen LogP contribution in [0.5, 0.6) is 0 Å². The number of esters is 1. The fourth-order valence-electron chi connectivity index (χ4n) is 5.19. The summed E-state index contributed by atoms with van der Waals surface area (Å²) in [5.41, 5.74) is 5.89. The van der Waals surface area contributed by atoms with Gasteiger partial charge in [-0.1, -0.05) is 42.5 Å². The zero-order chi connectivity index (χ0) is 31.8. The number of aromatic nitrogens is 1. The maximum absolute atomic E-state index is 14.0. The maximum atomic E-state index is 14.0. The highest BCUT2D eigenvalue weighted by Crippen LogP contribution is 2.29. The van der Waals surface area contributed by atoms with E-state index in [0.29, 0.717) is 23.7 Å². The molecular formula is C36H33F3N2O3. The Bertz CT molecular complexity index is 1890. The molecule has 0 saturated carbocycles. The molecular weight excluding hydrogens is 565 g/mol. The van der Waals surface area contributed by atoms with Crippen molar-refractivity contribution in [2.24, 2.45) is 0 Å². The van der Waals surface area contributed by atoms with Gasteiger partial charge in [0.25, 0.3) is 5.91 Å². The van der Waals surface area contributed by atoms with Crippen LogP contribution in [0.3, 0.4) is 0 Å². The second kappa shape index (κ2) is 12.0. The molecule has 1 heterocycles. The highest BCUT2D eigenvalue weighted by atomic mass is 19.2. The number of halogens is 3. The van der Waals surface area contributed by atoms with Crippen molar-refractivity contribution in [3.05, 3.63) is 130 Å². The number of carbonyl (C=O) groups excluding carboxylic acids is 2. The molecule has 5 rings (SSSR count). The fourth-order valence-corrected chi connectivity index (χ4v) is 5.19. The van der Waals surface area contributed by atoms with E-state index in [2.05, 4.69) is 9.88 Å². The minimum absolute atomic E-state index is 0.143. The molecule has 44 heavy (non-hydrogen) atoms. The lowest BCUT2D eigenvalue weighted by molar-refractivity contribution is 0.00703. The van der Waals surface area contributed by atoms with Crippen LogP contribution in [0.25, 0.3) is 22.0 Å². The predicted octanol–water partition coefficient (Wildman–Crippen LogP) is 8.28. The van der Waals surface area contributed by atoms with Crippen LogP contribution in [0.2, 0.25) is 0 Å². The maximum Gasteiger partial charge on any atom is 0.339 e. The number of fused-ring (bicyclic) bond motifs is 1. The quantitative estimate of drug-likeness (QED) is 0.152. The first-order chi connectivity index (χ1) is 20.8. The Kier molecular flexibility index (Phi) is 8.37. The lowest BCUT2D eigenvalue weighted by atomic mass is 9.98. The molecule has 0 aliphatic rings. The van der Waals surface area contributed by atoms with Crippen molar-refractivity contribution >= 4 is 22.8 Å². The van der Waals surface area contributed by atoms with E-state index >= 15 is 0 Å². The molecule has 0 bridgehead atoms. The van der Waals surface area contributed by atoms with Gasteiger partial charge in [-0.3, -0.25) is 4.79 Å². The number of nitrogens with one attached hydrogen (secondary N) is 1. The van der Waals surface area contributed by atoms with Crippen LogP contribution in [0.1, 0.15) is 63.9 Å². The molecule has 0 aliphatic carbocycles. The molecule has 1 aromatic heterocycles. The van der Waals surface area contributed by atoms with Gasteiger partial charge in [0.05, 0.1) is 5.56 Å². The number of hydrogen-bond donors (Lipinski definition) is 1. The SMILES string of the molecule is Cc1c(C)n(Cc2ccc(-c3ccccc3C(=O)OC(C)(C)C)cc2)c2ccc(C(=O)NCc3cc(F)c(F)cc3F)cc12. The summed E-state index contributed by atoms with van der Waals surface area (Å²) in [6.45, 7) is 9.84. The average Bonchev–Trinajstić information content (AvgIpc) is 3.22. The number of aryl methyl sites for hydroxylation is 1. The van der Waals surface area contributed by atoms with Crippen LogP contribution in [0.4, 0.5) is 13.2 Å². The molecule has 0 saturated heterocycles. The lowest BCUT2D eigenvalue weighted by Crippen LogP contribution is -2.24. The zero-order valence-electron chi connectivity index (χ0n) is 25.2. The van der Waals surface area contributed by atoms with E-state index in [4.69, 9.17) is 4.74 Å². The van der Waals surface area contributed by atoms with Crippen LogP contribution in [-0.2, 0) is 17.8 Å². The summed E-state index contributed by atoms with van der Waals surface area (Å²) in [7, 11) is 0. The van der Waals surface area contributed by atoms with Gasteiger partial charge in [-0.2, -0.15) is 0 Å². The molecule has 5 aromatic rings. The number of amides is 1. The molecule has 226 valence electrons. The molecule has 0 atom stereocenters. The number of rotatable bonds is 7. The molecule has 4 aromatic carbocycles. The van der Waals surface area contributed by atoms with Crippen LogP contribution >= 0.6 is 0 Å². The largest absolute Gasteiger partial charge is 0.456 e. The number of benzene rings is 4. The van der Waals surface area contributed by atoms with E-state index in [0.717, 1.165) is 44.9 Å². The fraction of sp³-hybridized carbons (Fsp3) is 0.222. The summed E-state index contributed by atoms with van der Waals surface area (Å²) in [5.74, 6) is -4.21. The van der Waals surface area contributed by atoms with Gasteiger partial charge in [0.15, 0.2) is 11.6 Å². The minimum Gasteiger partial charge on any atom is -0.456 e. The number of carbonyl (C=O) groups is 2. The van der Waals surface area contributed by atoms with E-state index in [1.165, 1.54) is 0 Å². The zero-order valence-corrected chi connectivity index (χ0v) is 25.2. The van der Waals surface area contributed by atoms with Crippen LogP contribution in [-0.4, -0.2) is 22.0 Å². The van der Waals surface area contributed by atoms with Gasteiger partial charge in [0, 0.05) is 46.9 Å². The third kappa shape index (κ3) is 6.39. The van der Waals surface area contributed by atoms with E-state index in [-0.39, 0.29) is 18.1 Å². The van der Waals surface area contributed by atoms with E-state index < -0.39 is 29.0 Å². The van der Waals surface area contributed by atoms with E-state index in [1.54, 1.807) is 18.2 Å². The van der Waals surface area contributed by atoms with Gasteiger partial charge in [0.1, 0.15) is 11.4 Å². The average molecular weight is 599 g/mol. The van der Waals surface area contributed by atoms with Crippen molar-refractivity contribution in [2.75, 3.05) is 0 Å². The van der Waals surface area contributed by atoms with Gasteiger partial charge in [0.2, 0.25) is 0 Å². The molecule has 5 nitrogen and oxygen atoms in total. The molecule has 0 fully saturated rings. The highest BCUT2D eigenvalue weighted by molar-refractivity contribution is 5.99. The van der Waals surface area contributed by atoms with Crippen molar-refractivity contribution in [1.29, 1.82) is 0 Å². The second-order valence-electron chi connectivity index (χ2n) is 11.8. The van der Waals surface area contributed by atoms with Crippen molar-refractivity contribution in [2.45, 2.75) is 53.3 Å². The predicted molar refractivity (Wildman–Crippen MR) is 165 cm³/mol. The molecule has 1 N–H and O–H groups in total. The Labute approximate surface area is 254 Å². The Morgan fingerprint density at radius 1 is 0.841 bits per heavy atom. The smallest absolute Gasteiger partial charge is 0.339 e. The van der Waals surface area contributed by atoms with Gasteiger partial charge >= 0.3 is 5.97 Å². The molecule has 0 spiro atoms. The van der Waals surface area contributed by atoms with Gasteiger partial charge in [-0.25, -0.2) is 18.0 Å². The summed E-state index contributed by atoms with van der Waals surface area (Å²) < 4.78 is 48.6. The number of nitrogens with zero attached hydrogens (tertiary/aromatic N) is 1. The summed E-state index contributed by atoms with van der Waals surface area (Å²) in [6, 6.07) is 22.0. The summed E-state index contributed by atoms with van der Waals surface area (Å²) in [5, 5.41) is 3.48. The minimum atomic E-state index is -1.28. The summed E-state index contributed by atoms with van der Waals surface area (Å²) in [4.78, 5) is 25.7. The first-order valence-corrected chi connectivity index (χ1v) is 14.2. The standard InChI is InChI=1S/C36H33F3N2O3/c1-21-22(2)41(20-23-10-12-24(13-11-23)27-8-6-7-9-28(27)35(43)44-36(3,4)5)33-15-14-25(16-29(21)33)34(42)40-19-26-17-31(38)32(39)18-30(26)37/h6-18H,19-20H2,1-5H3,(H,40,42). The third-order valence-corrected chi connectivity index (χ3v) is 7.58. The van der Waals surface area contributed by atoms with Crippen molar-refractivity contribution in [3.63, 3.8) is 0 Å². The first-order valence-electron chi connectivity index (χ1n) is 14.2. The number of hydrogen-bond acceptors (Lipinski definition) is 3. The molecule has 8 heteroatoms. The Morgan fingerprint density at radius 3 is 2.23 bits per heavy atom. The molecule has 0 radical (unpaired) electrons. The van der Waals surface area contributed by atoms with Crippen molar-refractivity contribution in [3.8, 4) is 11.1 Å². The highest BCUT2D eigenvalue weighted by Gasteiger charge is 2.21. The van der Waals surface area contributed by atoms with Crippen LogP contribution in [0, 0.1) is 31.3 Å². The van der Waals surface area contributed by atoms with Crippen LogP contribution < -0.4 is 5.32 Å². The Morgan fingerprint density at radius 2 is 1.52 bits per heavy atom. The van der Waals surface area contributed by atoms with Gasteiger partial charge < -0.3 is 14.6 Å². The summed E-state index contributed by atoms with van der Waals surface area (Å²) >= 11 is 0. The van der Waals surface area contributed by atoms with E-state index in [9.17, 15) is 22.8 Å². The third-order valence-electron chi connectivity index (χ3n) is 7.58. The van der Waals surface area contributed by atoms with Gasteiger partial charge in [-0.15, -0.1) is 0 Å². The lowest BCUT2D eigenvalue weighted by Gasteiger charge is -2.20. The van der Waals surface area contributed by atoms with E-state index in [1.807, 2.05) is 83.1 Å². The first kappa shape index (κ1) is 30.6. The summed E-state index contributed by atoms with van der Waals surface area (Å²) in [6.07, 6.45) is 0. The Balaban J connectivity index is 1.35. The monoisotopic (exact) mass is 598 g/mol. The van der Waals surface area contributed by atoms with Gasteiger partial charge in [-0.05, 0) is 87.2 Å². The second-order valence-corrected chi connectivity index (χ2v) is 11.8. The molecule has 1 amide bonds. The van der Waals surface area contributed by atoms with Crippen molar-refractivity contribution in [1.82, 2.24) is 9.88 Å².